The Morgan fingerprint density at radius 3 is 2.38 bits per heavy atom. The van der Waals surface area contributed by atoms with Crippen LogP contribution in [-0.4, -0.2) is 30.1 Å². The lowest BCUT2D eigenvalue weighted by molar-refractivity contribution is 0.160. The highest BCUT2D eigenvalue weighted by Gasteiger charge is 2.26. The SMILES string of the molecule is CCC(c1nnnn1CCc1ccccc1)N(Cc1ccc(C)cc1)Cc1cc2cc(C)c(C)cc2[nH]c1=O. The normalized spacial score (nSPS) is 12.3. The van der Waals surface area contributed by atoms with Gasteiger partial charge in [-0.15, -0.1) is 5.10 Å². The van der Waals surface area contributed by atoms with Crippen LogP contribution in [0.2, 0.25) is 0 Å². The number of aromatic amines is 1. The van der Waals surface area contributed by atoms with E-state index in [1.165, 1.54) is 27.8 Å². The number of benzene rings is 3. The Morgan fingerprint density at radius 1 is 0.897 bits per heavy atom. The third-order valence-electron chi connectivity index (χ3n) is 7.56. The molecule has 7 heteroatoms. The quantitative estimate of drug-likeness (QED) is 0.250. The number of aryl methyl sites for hydroxylation is 5. The van der Waals surface area contributed by atoms with Crippen molar-refractivity contribution in [1.29, 1.82) is 0 Å². The zero-order valence-electron chi connectivity index (χ0n) is 23.2. The van der Waals surface area contributed by atoms with Crippen LogP contribution in [0.3, 0.4) is 0 Å². The van der Waals surface area contributed by atoms with E-state index in [9.17, 15) is 4.79 Å². The number of H-pyrrole nitrogens is 1. The molecule has 3 aromatic carbocycles. The van der Waals surface area contributed by atoms with Crippen molar-refractivity contribution in [2.24, 2.45) is 0 Å². The largest absolute Gasteiger partial charge is 0.322 e. The van der Waals surface area contributed by atoms with Crippen molar-refractivity contribution in [1.82, 2.24) is 30.1 Å². The fraction of sp³-hybridized carbons (Fsp3) is 0.312. The van der Waals surface area contributed by atoms with E-state index in [1.54, 1.807) is 0 Å². The first-order valence-corrected chi connectivity index (χ1v) is 13.6. The number of nitrogens with zero attached hydrogens (tertiary/aromatic N) is 5. The molecule has 0 saturated heterocycles. The summed E-state index contributed by atoms with van der Waals surface area (Å²) in [6.07, 6.45) is 1.65. The van der Waals surface area contributed by atoms with Gasteiger partial charge in [0, 0.05) is 30.7 Å². The van der Waals surface area contributed by atoms with E-state index in [0.717, 1.165) is 35.1 Å². The molecule has 200 valence electrons. The van der Waals surface area contributed by atoms with E-state index in [2.05, 4.69) is 114 Å². The molecule has 1 atom stereocenters. The van der Waals surface area contributed by atoms with Gasteiger partial charge >= 0.3 is 0 Å². The van der Waals surface area contributed by atoms with Crippen molar-refractivity contribution in [3.8, 4) is 0 Å². The number of aromatic nitrogens is 5. The van der Waals surface area contributed by atoms with Gasteiger partial charge in [-0.2, -0.15) is 0 Å². The molecule has 0 aliphatic heterocycles. The van der Waals surface area contributed by atoms with E-state index >= 15 is 0 Å². The Morgan fingerprint density at radius 2 is 1.64 bits per heavy atom. The third kappa shape index (κ3) is 6.15. The Hall–Kier alpha value is -4.10. The predicted octanol–water partition coefficient (Wildman–Crippen LogP) is 5.84. The second-order valence-corrected chi connectivity index (χ2v) is 10.5. The van der Waals surface area contributed by atoms with E-state index < -0.39 is 0 Å². The molecule has 0 radical (unpaired) electrons. The van der Waals surface area contributed by atoms with Gasteiger partial charge in [-0.25, -0.2) is 4.68 Å². The molecule has 7 nitrogen and oxygen atoms in total. The van der Waals surface area contributed by atoms with E-state index in [1.807, 2.05) is 16.8 Å². The summed E-state index contributed by atoms with van der Waals surface area (Å²) < 4.78 is 1.92. The second-order valence-electron chi connectivity index (χ2n) is 10.5. The Labute approximate surface area is 229 Å². The minimum atomic E-state index is -0.0630. The van der Waals surface area contributed by atoms with E-state index in [4.69, 9.17) is 0 Å². The zero-order valence-corrected chi connectivity index (χ0v) is 23.2. The fourth-order valence-electron chi connectivity index (χ4n) is 5.16. The molecule has 2 aromatic heterocycles. The molecule has 39 heavy (non-hydrogen) atoms. The van der Waals surface area contributed by atoms with Crippen LogP contribution in [0.1, 0.15) is 58.6 Å². The molecule has 1 N–H and O–H groups in total. The van der Waals surface area contributed by atoms with Gasteiger partial charge in [0.15, 0.2) is 5.82 Å². The van der Waals surface area contributed by atoms with Crippen molar-refractivity contribution in [3.05, 3.63) is 122 Å². The minimum absolute atomic E-state index is 0.0572. The van der Waals surface area contributed by atoms with Crippen LogP contribution in [0.25, 0.3) is 10.9 Å². The first-order chi connectivity index (χ1) is 18.9. The lowest BCUT2D eigenvalue weighted by Crippen LogP contribution is -2.32. The molecule has 0 saturated carbocycles. The molecular weight excluding hydrogens is 484 g/mol. The Balaban J connectivity index is 1.49. The van der Waals surface area contributed by atoms with Crippen molar-refractivity contribution < 1.29 is 0 Å². The number of pyridine rings is 1. The van der Waals surface area contributed by atoms with Gasteiger partial charge in [0.25, 0.3) is 5.56 Å². The molecule has 2 heterocycles. The van der Waals surface area contributed by atoms with Crippen LogP contribution in [0.15, 0.2) is 77.6 Å². The van der Waals surface area contributed by atoms with Crippen molar-refractivity contribution in [3.63, 3.8) is 0 Å². The van der Waals surface area contributed by atoms with Crippen LogP contribution < -0.4 is 5.56 Å². The number of tetrazole rings is 1. The summed E-state index contributed by atoms with van der Waals surface area (Å²) in [5.74, 6) is 0.823. The fourth-order valence-corrected chi connectivity index (χ4v) is 5.16. The summed E-state index contributed by atoms with van der Waals surface area (Å²) in [4.78, 5) is 18.7. The van der Waals surface area contributed by atoms with Crippen molar-refractivity contribution >= 4 is 10.9 Å². The second kappa shape index (κ2) is 11.7. The van der Waals surface area contributed by atoms with Crippen LogP contribution in [0, 0.1) is 20.8 Å². The smallest absolute Gasteiger partial charge is 0.252 e. The maximum Gasteiger partial charge on any atom is 0.252 e. The topological polar surface area (TPSA) is 79.7 Å². The predicted molar refractivity (Wildman–Crippen MR) is 155 cm³/mol. The van der Waals surface area contributed by atoms with Gasteiger partial charge in [0.1, 0.15) is 0 Å². The van der Waals surface area contributed by atoms with Gasteiger partial charge in [-0.05, 0) is 89.9 Å². The lowest BCUT2D eigenvalue weighted by Gasteiger charge is -2.30. The van der Waals surface area contributed by atoms with Gasteiger partial charge < -0.3 is 4.98 Å². The summed E-state index contributed by atoms with van der Waals surface area (Å²) in [7, 11) is 0. The lowest BCUT2D eigenvalue weighted by atomic mass is 10.0. The summed E-state index contributed by atoms with van der Waals surface area (Å²) >= 11 is 0. The zero-order chi connectivity index (χ0) is 27.4. The molecule has 0 aliphatic rings. The molecule has 0 aliphatic carbocycles. The molecule has 0 bridgehead atoms. The van der Waals surface area contributed by atoms with Crippen LogP contribution in [-0.2, 0) is 26.1 Å². The van der Waals surface area contributed by atoms with E-state index in [-0.39, 0.29) is 11.6 Å². The molecular formula is C32H36N6O. The number of rotatable bonds is 10. The highest BCUT2D eigenvalue weighted by molar-refractivity contribution is 5.80. The van der Waals surface area contributed by atoms with Crippen molar-refractivity contribution in [2.45, 2.75) is 66.2 Å². The van der Waals surface area contributed by atoms with Crippen LogP contribution in [0.4, 0.5) is 0 Å². The number of fused-ring (bicyclic) bond motifs is 1. The minimum Gasteiger partial charge on any atom is -0.322 e. The van der Waals surface area contributed by atoms with Gasteiger partial charge in [-0.3, -0.25) is 9.69 Å². The highest BCUT2D eigenvalue weighted by atomic mass is 16.1. The molecule has 0 amide bonds. The first-order valence-electron chi connectivity index (χ1n) is 13.6. The van der Waals surface area contributed by atoms with E-state index in [0.29, 0.717) is 19.6 Å². The van der Waals surface area contributed by atoms with Crippen LogP contribution in [0.5, 0.6) is 0 Å². The molecule has 0 fully saturated rings. The summed E-state index contributed by atoms with van der Waals surface area (Å²) in [6.45, 7) is 10.3. The van der Waals surface area contributed by atoms with Gasteiger partial charge in [-0.1, -0.05) is 67.1 Å². The van der Waals surface area contributed by atoms with Crippen LogP contribution >= 0.6 is 0 Å². The standard InChI is InChI=1S/C32H36N6O/c1-5-30(31-34-35-36-38(31)16-15-25-9-7-6-8-10-25)37(20-26-13-11-22(2)12-14-26)21-28-19-27-17-23(3)24(4)18-29(27)33-32(28)39/h6-14,17-19,30H,5,15-16,20-21H2,1-4H3,(H,33,39). The molecule has 1 unspecified atom stereocenters. The average Bonchev–Trinajstić information content (AvgIpc) is 3.39. The summed E-state index contributed by atoms with van der Waals surface area (Å²) in [5.41, 5.74) is 7.58. The monoisotopic (exact) mass is 520 g/mol. The summed E-state index contributed by atoms with van der Waals surface area (Å²) in [6, 6.07) is 25.1. The first kappa shape index (κ1) is 26.5. The van der Waals surface area contributed by atoms with Gasteiger partial charge in [0.05, 0.1) is 6.04 Å². The Bertz CT molecular complexity index is 1600. The number of hydrogen-bond acceptors (Lipinski definition) is 5. The average molecular weight is 521 g/mol. The molecule has 0 spiro atoms. The highest BCUT2D eigenvalue weighted by Crippen LogP contribution is 2.27. The van der Waals surface area contributed by atoms with Gasteiger partial charge in [0.2, 0.25) is 0 Å². The maximum atomic E-state index is 13.3. The number of hydrogen-bond donors (Lipinski definition) is 1. The maximum absolute atomic E-state index is 13.3. The molecule has 5 aromatic rings. The Kier molecular flexibility index (Phi) is 7.98. The third-order valence-corrected chi connectivity index (χ3v) is 7.56. The number of nitrogens with one attached hydrogen (secondary N) is 1. The summed E-state index contributed by atoms with van der Waals surface area (Å²) in [5, 5.41) is 13.9. The van der Waals surface area contributed by atoms with Crippen molar-refractivity contribution in [2.75, 3.05) is 0 Å². The molecule has 5 rings (SSSR count).